The zero-order valence-electron chi connectivity index (χ0n) is 24.0. The highest BCUT2D eigenvalue weighted by Gasteiger charge is 2.74. The summed E-state index contributed by atoms with van der Waals surface area (Å²) in [5.41, 5.74) is -3.17. The van der Waals surface area contributed by atoms with E-state index in [1.54, 1.807) is 19.1 Å². The maximum atomic E-state index is 13.7. The number of cyclic esters (lactones) is 1. The number of allylic oxidation sites excluding steroid dienone is 3. The minimum absolute atomic E-state index is 0.0609. The van der Waals surface area contributed by atoms with Crippen molar-refractivity contribution in [2.24, 2.45) is 11.3 Å². The quantitative estimate of drug-likeness (QED) is 0.135. The number of hydrogen-bond donors (Lipinski definition) is 4. The zero-order valence-corrected chi connectivity index (χ0v) is 24.0. The van der Waals surface area contributed by atoms with Crippen molar-refractivity contribution < 1.29 is 63.3 Å². The summed E-state index contributed by atoms with van der Waals surface area (Å²) in [6, 6.07) is 0. The van der Waals surface area contributed by atoms with E-state index in [2.05, 4.69) is 0 Å². The van der Waals surface area contributed by atoms with Crippen molar-refractivity contribution in [2.75, 3.05) is 13.7 Å². The topological polar surface area (TPSA) is 195 Å². The summed E-state index contributed by atoms with van der Waals surface area (Å²) in [7, 11) is 1.28. The number of aliphatic hydroxyl groups excluding tert-OH is 4. The van der Waals surface area contributed by atoms with Gasteiger partial charge in [-0.15, -0.1) is 0 Å². The van der Waals surface area contributed by atoms with Crippen LogP contribution >= 0.6 is 0 Å². The molecule has 3 fully saturated rings. The van der Waals surface area contributed by atoms with Crippen molar-refractivity contribution in [3.63, 3.8) is 0 Å². The molecule has 2 aliphatic carbocycles. The highest BCUT2D eigenvalue weighted by molar-refractivity contribution is 5.90. The summed E-state index contributed by atoms with van der Waals surface area (Å²) < 4.78 is 27.3. The first-order valence-electron chi connectivity index (χ1n) is 13.8. The SMILES string of the molecule is COC(=O)C1=CC[C@@]23CC[C@@H]([C@@](C)(/C=C/C=C(\C)C(=O)O[C@@H]4O[C@H](CO)[C@@H](O)[C@H](O)[C@H]4O)OC2=O)[C@@]3(OC(C)=O)CC1. The molecular weight excluding hydrogens is 556 g/mol. The van der Waals surface area contributed by atoms with Gasteiger partial charge >= 0.3 is 23.9 Å². The van der Waals surface area contributed by atoms with Crippen LogP contribution in [0.2, 0.25) is 0 Å². The summed E-state index contributed by atoms with van der Waals surface area (Å²) in [6.07, 6.45) is -0.247. The summed E-state index contributed by atoms with van der Waals surface area (Å²) in [6.45, 7) is 3.73. The Bertz CT molecular complexity index is 1200. The normalized spacial score (nSPS) is 40.0. The first kappa shape index (κ1) is 31.8. The van der Waals surface area contributed by atoms with E-state index in [-0.39, 0.29) is 24.8 Å². The van der Waals surface area contributed by atoms with E-state index in [0.29, 0.717) is 18.4 Å². The average molecular weight is 595 g/mol. The van der Waals surface area contributed by atoms with Crippen LogP contribution in [0.1, 0.15) is 52.9 Å². The molecule has 0 spiro atoms. The minimum Gasteiger partial charge on any atom is -0.466 e. The molecule has 0 aromatic heterocycles. The Labute approximate surface area is 242 Å². The third-order valence-corrected chi connectivity index (χ3v) is 9.03. The van der Waals surface area contributed by atoms with Gasteiger partial charge in [0.05, 0.1) is 13.7 Å². The van der Waals surface area contributed by atoms with Crippen LogP contribution in [0, 0.1) is 11.3 Å². The number of esters is 4. The number of methoxy groups -OCH3 is 1. The number of hydrogen-bond acceptors (Lipinski definition) is 13. The minimum atomic E-state index is -1.75. The lowest BCUT2D eigenvalue weighted by Gasteiger charge is -2.54. The maximum Gasteiger partial charge on any atom is 0.336 e. The molecule has 42 heavy (non-hydrogen) atoms. The Morgan fingerprint density at radius 2 is 1.83 bits per heavy atom. The van der Waals surface area contributed by atoms with Crippen molar-refractivity contribution in [2.45, 2.75) is 94.8 Å². The monoisotopic (exact) mass is 594 g/mol. The van der Waals surface area contributed by atoms with Crippen LogP contribution < -0.4 is 0 Å². The fourth-order valence-corrected chi connectivity index (χ4v) is 6.81. The van der Waals surface area contributed by atoms with Gasteiger partial charge in [-0.05, 0) is 52.0 Å². The molecule has 13 nitrogen and oxygen atoms in total. The van der Waals surface area contributed by atoms with E-state index >= 15 is 0 Å². The standard InChI is InChI=1S/C29H38O13/c1-15(23(35)40-25-22(34)21(33)20(32)18(14-30)39-25)6-5-10-27(3)19-9-12-28(26(37)42-27)11-7-17(24(36)38-4)8-13-29(19,28)41-16(2)31/h5-7,10,18-22,25,30,32-34H,8-9,11-14H2,1-4H3/b10-5+,15-6+/t18-,19+,20-,21+,22-,25+,27-,28-,29+/m1/s1. The second-order valence-electron chi connectivity index (χ2n) is 11.5. The molecule has 0 unspecified atom stereocenters. The number of ether oxygens (including phenoxy) is 5. The molecule has 2 saturated heterocycles. The van der Waals surface area contributed by atoms with Crippen LogP contribution in [0.3, 0.4) is 0 Å². The van der Waals surface area contributed by atoms with E-state index < -0.39 is 83.7 Å². The molecule has 0 aromatic carbocycles. The summed E-state index contributed by atoms with van der Waals surface area (Å²) in [5.74, 6) is -2.97. The van der Waals surface area contributed by atoms with Gasteiger partial charge in [0.25, 0.3) is 0 Å². The molecule has 1 saturated carbocycles. The second kappa shape index (κ2) is 11.9. The lowest BCUT2D eigenvalue weighted by Crippen LogP contribution is -2.65. The molecule has 0 radical (unpaired) electrons. The lowest BCUT2D eigenvalue weighted by molar-refractivity contribution is -0.291. The molecule has 4 rings (SSSR count). The van der Waals surface area contributed by atoms with Gasteiger partial charge in [0.2, 0.25) is 6.29 Å². The number of rotatable bonds is 7. The van der Waals surface area contributed by atoms with Crippen molar-refractivity contribution in [1.29, 1.82) is 0 Å². The highest BCUT2D eigenvalue weighted by Crippen LogP contribution is 2.65. The average Bonchev–Trinajstić information content (AvgIpc) is 3.09. The fraction of sp³-hybridized carbons (Fsp3) is 0.655. The van der Waals surface area contributed by atoms with Crippen LogP contribution in [0.15, 0.2) is 35.5 Å². The third-order valence-electron chi connectivity index (χ3n) is 9.03. The zero-order chi connectivity index (χ0) is 31.0. The summed E-state index contributed by atoms with van der Waals surface area (Å²) >= 11 is 0. The molecular formula is C29H38O13. The fourth-order valence-electron chi connectivity index (χ4n) is 6.81. The Morgan fingerprint density at radius 3 is 2.48 bits per heavy atom. The second-order valence-corrected chi connectivity index (χ2v) is 11.5. The van der Waals surface area contributed by atoms with Gasteiger partial charge in [-0.1, -0.05) is 18.2 Å². The lowest BCUT2D eigenvalue weighted by atomic mass is 9.62. The number of carbonyl (C=O) groups excluding carboxylic acids is 4. The van der Waals surface area contributed by atoms with Crippen LogP contribution in [-0.4, -0.2) is 99.9 Å². The van der Waals surface area contributed by atoms with Gasteiger partial charge < -0.3 is 44.1 Å². The van der Waals surface area contributed by atoms with Crippen LogP contribution in [0.25, 0.3) is 0 Å². The van der Waals surface area contributed by atoms with Crippen molar-refractivity contribution in [3.05, 3.63) is 35.5 Å². The van der Waals surface area contributed by atoms with Crippen molar-refractivity contribution >= 4 is 23.9 Å². The molecule has 13 heteroatoms. The van der Waals surface area contributed by atoms with E-state index in [1.165, 1.54) is 33.1 Å². The predicted molar refractivity (Wildman–Crippen MR) is 141 cm³/mol. The van der Waals surface area contributed by atoms with E-state index in [1.807, 2.05) is 0 Å². The molecule has 4 N–H and O–H groups in total. The van der Waals surface area contributed by atoms with E-state index in [4.69, 9.17) is 23.7 Å². The first-order valence-corrected chi connectivity index (χ1v) is 13.8. The van der Waals surface area contributed by atoms with E-state index in [9.17, 15) is 39.6 Å². The largest absolute Gasteiger partial charge is 0.466 e. The van der Waals surface area contributed by atoms with Crippen molar-refractivity contribution in [1.82, 2.24) is 0 Å². The molecule has 4 aliphatic rings. The van der Waals surface area contributed by atoms with Gasteiger partial charge in [0.15, 0.2) is 0 Å². The van der Waals surface area contributed by atoms with Crippen molar-refractivity contribution in [3.8, 4) is 0 Å². The number of carbonyl (C=O) groups is 4. The third kappa shape index (κ3) is 5.28. The van der Waals surface area contributed by atoms with Gasteiger partial charge in [0.1, 0.15) is 41.0 Å². The predicted octanol–water partition coefficient (Wildman–Crippen LogP) is 0.129. The Balaban J connectivity index is 1.56. The molecule has 0 aromatic rings. The van der Waals surface area contributed by atoms with E-state index in [0.717, 1.165) is 0 Å². The van der Waals surface area contributed by atoms with Gasteiger partial charge in [-0.3, -0.25) is 9.59 Å². The summed E-state index contributed by atoms with van der Waals surface area (Å²) in [5, 5.41) is 39.3. The molecule has 2 heterocycles. The summed E-state index contributed by atoms with van der Waals surface area (Å²) in [4.78, 5) is 51.1. The van der Waals surface area contributed by atoms with Crippen LogP contribution in [-0.2, 0) is 42.9 Å². The van der Waals surface area contributed by atoms with Gasteiger partial charge in [-0.2, -0.15) is 0 Å². The molecule has 2 aliphatic heterocycles. The Kier molecular flexibility index (Phi) is 9.00. The van der Waals surface area contributed by atoms with Gasteiger partial charge in [0, 0.05) is 24.0 Å². The smallest absolute Gasteiger partial charge is 0.336 e. The molecule has 2 bridgehead atoms. The Hall–Kier alpha value is -3.10. The number of aliphatic hydroxyl groups is 4. The Morgan fingerprint density at radius 1 is 1.12 bits per heavy atom. The van der Waals surface area contributed by atoms with Crippen LogP contribution in [0.5, 0.6) is 0 Å². The molecule has 232 valence electrons. The van der Waals surface area contributed by atoms with Gasteiger partial charge in [-0.25, -0.2) is 9.59 Å². The first-order chi connectivity index (χ1) is 19.7. The molecule has 9 atom stereocenters. The molecule has 0 amide bonds. The van der Waals surface area contributed by atoms with Crippen LogP contribution in [0.4, 0.5) is 0 Å². The maximum absolute atomic E-state index is 13.7. The highest BCUT2D eigenvalue weighted by atomic mass is 16.7.